The van der Waals surface area contributed by atoms with Gasteiger partial charge in [-0.15, -0.1) is 0 Å². The van der Waals surface area contributed by atoms with Crippen molar-refractivity contribution in [1.82, 2.24) is 0 Å². The van der Waals surface area contributed by atoms with Gasteiger partial charge in [0.2, 0.25) is 0 Å². The summed E-state index contributed by atoms with van der Waals surface area (Å²) in [6.45, 7) is 4.00. The minimum absolute atomic E-state index is 0.123. The van der Waals surface area contributed by atoms with Crippen LogP contribution in [0.5, 0.6) is 0 Å². The maximum absolute atomic E-state index is 12.4. The molecule has 0 amide bonds. The number of fused-ring (bicyclic) bond motifs is 5. The van der Waals surface area contributed by atoms with Gasteiger partial charge in [0.25, 0.3) is 0 Å². The zero-order valence-corrected chi connectivity index (χ0v) is 15.7. The first-order valence-corrected chi connectivity index (χ1v) is 10.3. The van der Waals surface area contributed by atoms with Crippen molar-refractivity contribution >= 4 is 5.78 Å². The highest BCUT2D eigenvalue weighted by molar-refractivity contribution is 5.89. The molecule has 4 rings (SSSR count). The smallest absolute Gasteiger partial charge is 0.190 e. The van der Waals surface area contributed by atoms with Crippen molar-refractivity contribution in [3.8, 4) is 0 Å². The maximum atomic E-state index is 12.4. The molecule has 4 fully saturated rings. The van der Waals surface area contributed by atoms with E-state index in [0.29, 0.717) is 35.5 Å². The lowest BCUT2D eigenvalue weighted by Crippen LogP contribution is -2.59. The predicted molar refractivity (Wildman–Crippen MR) is 94.8 cm³/mol. The van der Waals surface area contributed by atoms with E-state index in [4.69, 9.17) is 0 Å². The minimum atomic E-state index is -1.34. The van der Waals surface area contributed by atoms with Crippen molar-refractivity contribution in [3.05, 3.63) is 0 Å². The topological polar surface area (TPSA) is 77.8 Å². The van der Waals surface area contributed by atoms with Crippen molar-refractivity contribution < 1.29 is 20.1 Å². The lowest BCUT2D eigenvalue weighted by Gasteiger charge is -2.61. The molecule has 25 heavy (non-hydrogen) atoms. The van der Waals surface area contributed by atoms with Crippen LogP contribution in [0.2, 0.25) is 0 Å². The van der Waals surface area contributed by atoms with E-state index in [2.05, 4.69) is 13.8 Å². The SMILES string of the molecule is C[C@]12CCC(O)C[C@@H]1CC[C@@H]1[C@@H]2CC[C@@]2(C)[C@H]1CC[C@]2(O)C(=O)CO. The first kappa shape index (κ1) is 17.9. The van der Waals surface area contributed by atoms with Crippen LogP contribution in [0.15, 0.2) is 0 Å². The molecule has 0 aromatic carbocycles. The van der Waals surface area contributed by atoms with Crippen LogP contribution in [0.3, 0.4) is 0 Å². The van der Waals surface area contributed by atoms with Gasteiger partial charge < -0.3 is 15.3 Å². The number of hydrogen-bond donors (Lipinski definition) is 3. The lowest BCUT2D eigenvalue weighted by atomic mass is 9.44. The molecule has 0 aliphatic heterocycles. The van der Waals surface area contributed by atoms with Gasteiger partial charge >= 0.3 is 0 Å². The molecule has 0 radical (unpaired) electrons. The van der Waals surface area contributed by atoms with Crippen LogP contribution in [0.4, 0.5) is 0 Å². The Morgan fingerprint density at radius 2 is 1.72 bits per heavy atom. The van der Waals surface area contributed by atoms with E-state index in [1.807, 2.05) is 0 Å². The maximum Gasteiger partial charge on any atom is 0.190 e. The molecule has 0 spiro atoms. The molecule has 4 aliphatic carbocycles. The minimum Gasteiger partial charge on any atom is -0.393 e. The van der Waals surface area contributed by atoms with Gasteiger partial charge in [0.15, 0.2) is 5.78 Å². The van der Waals surface area contributed by atoms with E-state index >= 15 is 0 Å². The molecule has 4 heteroatoms. The summed E-state index contributed by atoms with van der Waals surface area (Å²) in [6.07, 6.45) is 8.58. The molecule has 0 aromatic heterocycles. The van der Waals surface area contributed by atoms with Gasteiger partial charge in [-0.3, -0.25) is 4.79 Å². The molecule has 0 heterocycles. The van der Waals surface area contributed by atoms with Crippen molar-refractivity contribution in [2.24, 2.45) is 34.5 Å². The number of ketones is 1. The fraction of sp³-hybridized carbons (Fsp3) is 0.952. The number of hydrogen-bond acceptors (Lipinski definition) is 4. The van der Waals surface area contributed by atoms with Gasteiger partial charge in [0, 0.05) is 5.41 Å². The van der Waals surface area contributed by atoms with E-state index in [0.717, 1.165) is 38.5 Å². The molecule has 1 unspecified atom stereocenters. The van der Waals surface area contributed by atoms with Gasteiger partial charge in [-0.05, 0) is 86.9 Å². The van der Waals surface area contributed by atoms with E-state index in [-0.39, 0.29) is 17.3 Å². The molecule has 3 N–H and O–H groups in total. The van der Waals surface area contributed by atoms with Crippen LogP contribution >= 0.6 is 0 Å². The van der Waals surface area contributed by atoms with Crippen LogP contribution in [0, 0.1) is 34.5 Å². The van der Waals surface area contributed by atoms with Crippen molar-refractivity contribution in [2.75, 3.05) is 6.61 Å². The Morgan fingerprint density at radius 3 is 2.44 bits per heavy atom. The average molecular weight is 350 g/mol. The lowest BCUT2D eigenvalue weighted by molar-refractivity contribution is -0.174. The first-order valence-electron chi connectivity index (χ1n) is 10.3. The Balaban J connectivity index is 1.63. The van der Waals surface area contributed by atoms with Crippen molar-refractivity contribution in [1.29, 1.82) is 0 Å². The number of rotatable bonds is 2. The molecule has 4 saturated carbocycles. The molecular weight excluding hydrogens is 316 g/mol. The summed E-state index contributed by atoms with van der Waals surface area (Å²) < 4.78 is 0. The molecule has 142 valence electrons. The van der Waals surface area contributed by atoms with E-state index < -0.39 is 12.2 Å². The highest BCUT2D eigenvalue weighted by Crippen LogP contribution is 2.68. The Hall–Kier alpha value is -0.450. The summed E-state index contributed by atoms with van der Waals surface area (Å²) in [5.74, 6) is 1.87. The fourth-order valence-electron chi connectivity index (χ4n) is 7.84. The van der Waals surface area contributed by atoms with Gasteiger partial charge in [-0.1, -0.05) is 13.8 Å². The quantitative estimate of drug-likeness (QED) is 0.715. The van der Waals surface area contributed by atoms with Crippen LogP contribution in [-0.2, 0) is 4.79 Å². The van der Waals surface area contributed by atoms with Crippen LogP contribution in [-0.4, -0.2) is 39.4 Å². The number of Topliss-reactive ketones (excluding diaryl/α,β-unsaturated/α-hetero) is 1. The second-order valence-electron chi connectivity index (χ2n) is 10.0. The van der Waals surface area contributed by atoms with Crippen molar-refractivity contribution in [3.63, 3.8) is 0 Å². The predicted octanol–water partition coefficient (Wildman–Crippen LogP) is 2.68. The summed E-state index contributed by atoms with van der Waals surface area (Å²) in [5, 5.41) is 30.7. The third-order valence-electron chi connectivity index (χ3n) is 9.39. The Kier molecular flexibility index (Phi) is 4.14. The van der Waals surface area contributed by atoms with E-state index in [1.165, 1.54) is 12.8 Å². The third-order valence-corrected chi connectivity index (χ3v) is 9.39. The zero-order chi connectivity index (χ0) is 18.0. The Labute approximate surface area is 151 Å². The molecular formula is C21H34O4. The van der Waals surface area contributed by atoms with Crippen molar-refractivity contribution in [2.45, 2.75) is 83.3 Å². The summed E-state index contributed by atoms with van der Waals surface area (Å²) >= 11 is 0. The number of aliphatic hydroxyl groups excluding tert-OH is 2. The van der Waals surface area contributed by atoms with E-state index in [9.17, 15) is 20.1 Å². The Morgan fingerprint density at radius 1 is 1.00 bits per heavy atom. The number of carbonyl (C=O) groups excluding carboxylic acids is 1. The summed E-state index contributed by atoms with van der Waals surface area (Å²) in [4.78, 5) is 12.4. The summed E-state index contributed by atoms with van der Waals surface area (Å²) in [7, 11) is 0. The molecule has 4 nitrogen and oxygen atoms in total. The van der Waals surface area contributed by atoms with Gasteiger partial charge in [0.1, 0.15) is 12.2 Å². The molecule has 8 atom stereocenters. The zero-order valence-electron chi connectivity index (χ0n) is 15.7. The second kappa shape index (κ2) is 5.77. The highest BCUT2D eigenvalue weighted by atomic mass is 16.3. The van der Waals surface area contributed by atoms with Crippen LogP contribution in [0.25, 0.3) is 0 Å². The summed E-state index contributed by atoms with van der Waals surface area (Å²) in [5.41, 5.74) is -1.41. The highest BCUT2D eigenvalue weighted by Gasteiger charge is 2.66. The fourth-order valence-corrected chi connectivity index (χ4v) is 7.84. The first-order chi connectivity index (χ1) is 11.8. The molecule has 0 bridgehead atoms. The normalized spacial score (nSPS) is 55.2. The monoisotopic (exact) mass is 350 g/mol. The Bertz CT molecular complexity index is 562. The number of aliphatic hydroxyl groups is 3. The molecule has 0 aromatic rings. The third kappa shape index (κ3) is 2.26. The van der Waals surface area contributed by atoms with Gasteiger partial charge in [-0.25, -0.2) is 0 Å². The summed E-state index contributed by atoms with van der Waals surface area (Å²) in [6, 6.07) is 0. The van der Waals surface area contributed by atoms with Gasteiger partial charge in [-0.2, -0.15) is 0 Å². The van der Waals surface area contributed by atoms with Crippen LogP contribution in [0.1, 0.15) is 71.6 Å². The largest absolute Gasteiger partial charge is 0.393 e. The van der Waals surface area contributed by atoms with Gasteiger partial charge in [0.05, 0.1) is 6.10 Å². The average Bonchev–Trinajstić information content (AvgIpc) is 2.87. The molecule has 0 saturated heterocycles. The standard InChI is InChI=1S/C21H34O4/c1-19-8-5-14(23)11-13(19)3-4-15-16(19)6-9-20(2)17(15)7-10-21(20,25)18(24)12-22/h13-17,22-23,25H,3-12H2,1-2H3/t13-,14?,15+,16-,17-,19-,20-,21-/m0/s1. The van der Waals surface area contributed by atoms with E-state index in [1.54, 1.807) is 0 Å². The number of carbonyl (C=O) groups is 1. The van der Waals surface area contributed by atoms with Crippen LogP contribution < -0.4 is 0 Å². The second-order valence-corrected chi connectivity index (χ2v) is 10.0. The molecule has 4 aliphatic rings.